The van der Waals surface area contributed by atoms with Crippen molar-refractivity contribution in [3.8, 4) is 11.5 Å². The third-order valence-corrected chi connectivity index (χ3v) is 5.44. The molecule has 0 fully saturated rings. The van der Waals surface area contributed by atoms with Gasteiger partial charge in [-0.3, -0.25) is 0 Å². The van der Waals surface area contributed by atoms with E-state index in [1.807, 2.05) is 24.3 Å². The van der Waals surface area contributed by atoms with Gasteiger partial charge >= 0.3 is 0 Å². The van der Waals surface area contributed by atoms with Gasteiger partial charge in [0.05, 0.1) is 14.2 Å². The average Bonchev–Trinajstić information content (AvgIpc) is 3.15. The molecular formula is C25H26FN2O3. The lowest BCUT2D eigenvalue weighted by molar-refractivity contribution is 0.288. The fraction of sp³-hybridized carbons (Fsp3) is 0.240. The minimum Gasteiger partial charge on any atom is -0.497 e. The first-order valence-corrected chi connectivity index (χ1v) is 10.2. The van der Waals surface area contributed by atoms with Crippen molar-refractivity contribution in [2.45, 2.75) is 18.5 Å². The quantitative estimate of drug-likeness (QED) is 0.492. The number of aliphatic hydroxyl groups excluding tert-OH is 1. The summed E-state index contributed by atoms with van der Waals surface area (Å²) in [6.07, 6.45) is 3.63. The Morgan fingerprint density at radius 1 is 0.968 bits per heavy atom. The van der Waals surface area contributed by atoms with Crippen molar-refractivity contribution in [3.63, 3.8) is 0 Å². The molecule has 0 bridgehead atoms. The molecule has 0 saturated heterocycles. The van der Waals surface area contributed by atoms with Gasteiger partial charge < -0.3 is 25.2 Å². The number of nitrogens with one attached hydrogen (secondary N) is 2. The van der Waals surface area contributed by atoms with E-state index in [1.54, 1.807) is 26.4 Å². The molecule has 5 nitrogen and oxygen atoms in total. The number of fused-ring (bicyclic) bond motifs is 1. The van der Waals surface area contributed by atoms with Crippen molar-refractivity contribution < 1.29 is 19.0 Å². The lowest BCUT2D eigenvalue weighted by atomic mass is 9.94. The Morgan fingerprint density at radius 2 is 1.68 bits per heavy atom. The summed E-state index contributed by atoms with van der Waals surface area (Å²) in [5.41, 5.74) is 4.04. The summed E-state index contributed by atoms with van der Waals surface area (Å²) >= 11 is 0. The molecule has 0 aliphatic carbocycles. The van der Waals surface area contributed by atoms with E-state index in [1.165, 1.54) is 12.1 Å². The topological polar surface area (TPSA) is 62.8 Å². The average molecular weight is 421 g/mol. The van der Waals surface area contributed by atoms with Crippen LogP contribution in [-0.4, -0.2) is 25.9 Å². The maximum absolute atomic E-state index is 13.7. The summed E-state index contributed by atoms with van der Waals surface area (Å²) in [4.78, 5) is 0. The van der Waals surface area contributed by atoms with Crippen molar-refractivity contribution in [3.05, 3.63) is 89.6 Å². The van der Waals surface area contributed by atoms with Crippen molar-refractivity contribution in [1.29, 1.82) is 0 Å². The van der Waals surface area contributed by atoms with E-state index in [-0.39, 0.29) is 12.4 Å². The van der Waals surface area contributed by atoms with Gasteiger partial charge in [-0.05, 0) is 47.7 Å². The third-order valence-electron chi connectivity index (χ3n) is 5.44. The zero-order valence-electron chi connectivity index (χ0n) is 17.6. The monoisotopic (exact) mass is 421 g/mol. The summed E-state index contributed by atoms with van der Waals surface area (Å²) in [6.45, 7) is 0.164. The van der Waals surface area contributed by atoms with Gasteiger partial charge in [0.2, 0.25) is 0 Å². The van der Waals surface area contributed by atoms with Crippen molar-refractivity contribution in [1.82, 2.24) is 0 Å². The first-order valence-electron chi connectivity index (χ1n) is 10.2. The standard InChI is InChI=1S/C25H26FN2O3/c1-30-22-13-21(14-23(15-22)31-2)27-25(19-6-8-20(26)9-7-19)16-18-12-17(4-3-11-29)5-10-24(18)28-25/h5-10,12-16,27-29H,3-4,11H2,1-2H3. The van der Waals surface area contributed by atoms with Crippen LogP contribution < -0.4 is 20.1 Å². The highest BCUT2D eigenvalue weighted by molar-refractivity contribution is 5.71. The number of anilines is 2. The predicted octanol–water partition coefficient (Wildman–Crippen LogP) is 4.71. The molecule has 1 heterocycles. The van der Waals surface area contributed by atoms with Crippen LogP contribution in [0.5, 0.6) is 11.5 Å². The molecule has 0 saturated carbocycles. The molecule has 0 amide bonds. The number of aryl methyl sites for hydroxylation is 1. The Kier molecular flexibility index (Phi) is 6.00. The second-order valence-corrected chi connectivity index (χ2v) is 7.56. The summed E-state index contributed by atoms with van der Waals surface area (Å²) in [7, 11) is 3.22. The molecule has 3 aromatic rings. The normalized spacial score (nSPS) is 17.0. The van der Waals surface area contributed by atoms with E-state index in [2.05, 4.69) is 29.2 Å². The molecule has 0 aromatic heterocycles. The summed E-state index contributed by atoms with van der Waals surface area (Å²) in [5, 5.41) is 16.3. The molecule has 1 atom stereocenters. The van der Waals surface area contributed by atoms with Crippen LogP contribution in [0, 0.1) is 12.2 Å². The van der Waals surface area contributed by atoms with Crippen LogP contribution >= 0.6 is 0 Å². The SMILES string of the molecule is COc1cc(NC2(c3ccc(F)cc3)[CH]c3cc(CCCO)ccc3N2)cc(OC)c1. The Labute approximate surface area is 181 Å². The Balaban J connectivity index is 1.73. The highest BCUT2D eigenvalue weighted by atomic mass is 19.1. The number of methoxy groups -OCH3 is 2. The van der Waals surface area contributed by atoms with Gasteiger partial charge in [0.25, 0.3) is 0 Å². The molecule has 3 N–H and O–H groups in total. The van der Waals surface area contributed by atoms with E-state index in [4.69, 9.17) is 14.6 Å². The molecule has 1 aliphatic rings. The fourth-order valence-electron chi connectivity index (χ4n) is 3.88. The Hall–Kier alpha value is -3.25. The first-order chi connectivity index (χ1) is 15.0. The zero-order valence-corrected chi connectivity index (χ0v) is 17.6. The number of benzene rings is 3. The van der Waals surface area contributed by atoms with Gasteiger partial charge in [-0.2, -0.15) is 0 Å². The maximum atomic E-state index is 13.7. The van der Waals surface area contributed by atoms with E-state index in [0.29, 0.717) is 11.5 Å². The van der Waals surface area contributed by atoms with Gasteiger partial charge in [-0.25, -0.2) is 4.39 Å². The summed E-state index contributed by atoms with van der Waals surface area (Å²) in [6, 6.07) is 18.2. The lowest BCUT2D eigenvalue weighted by Crippen LogP contribution is -2.40. The molecular weight excluding hydrogens is 395 g/mol. The van der Waals surface area contributed by atoms with E-state index >= 15 is 0 Å². The highest BCUT2D eigenvalue weighted by Crippen LogP contribution is 2.43. The van der Waals surface area contributed by atoms with Crippen LogP contribution in [0.2, 0.25) is 0 Å². The largest absolute Gasteiger partial charge is 0.497 e. The smallest absolute Gasteiger partial charge is 0.142 e. The number of ether oxygens (including phenoxy) is 2. The second-order valence-electron chi connectivity index (χ2n) is 7.56. The molecule has 3 aromatic carbocycles. The van der Waals surface area contributed by atoms with E-state index < -0.39 is 5.66 Å². The first kappa shape index (κ1) is 21.0. The van der Waals surface area contributed by atoms with Gasteiger partial charge in [-0.1, -0.05) is 24.3 Å². The number of rotatable bonds is 8. The highest BCUT2D eigenvalue weighted by Gasteiger charge is 2.39. The van der Waals surface area contributed by atoms with Gasteiger partial charge in [0.15, 0.2) is 0 Å². The molecule has 0 spiro atoms. The van der Waals surface area contributed by atoms with Crippen LogP contribution in [0.1, 0.15) is 23.1 Å². The third kappa shape index (κ3) is 4.44. The van der Waals surface area contributed by atoms with Crippen LogP contribution in [0.15, 0.2) is 60.7 Å². The summed E-state index contributed by atoms with van der Waals surface area (Å²) < 4.78 is 24.5. The lowest BCUT2D eigenvalue weighted by Gasteiger charge is -2.33. The van der Waals surface area contributed by atoms with Crippen LogP contribution in [-0.2, 0) is 12.1 Å². The van der Waals surface area contributed by atoms with E-state index in [9.17, 15) is 4.39 Å². The predicted molar refractivity (Wildman–Crippen MR) is 120 cm³/mol. The summed E-state index contributed by atoms with van der Waals surface area (Å²) in [5.74, 6) is 1.04. The molecule has 4 rings (SSSR count). The number of hydrogen-bond donors (Lipinski definition) is 3. The minimum atomic E-state index is -0.789. The van der Waals surface area contributed by atoms with Gasteiger partial charge in [0, 0.05) is 42.6 Å². The number of aliphatic hydroxyl groups is 1. The maximum Gasteiger partial charge on any atom is 0.142 e. The molecule has 1 radical (unpaired) electrons. The zero-order chi connectivity index (χ0) is 21.8. The fourth-order valence-corrected chi connectivity index (χ4v) is 3.88. The van der Waals surface area contributed by atoms with Crippen LogP contribution in [0.4, 0.5) is 15.8 Å². The molecule has 161 valence electrons. The van der Waals surface area contributed by atoms with Gasteiger partial charge in [0.1, 0.15) is 23.0 Å². The number of halogens is 1. The number of hydrogen-bond acceptors (Lipinski definition) is 5. The second kappa shape index (κ2) is 8.86. The molecule has 1 aliphatic heterocycles. The molecule has 1 unspecified atom stereocenters. The van der Waals surface area contributed by atoms with Crippen molar-refractivity contribution >= 4 is 11.4 Å². The minimum absolute atomic E-state index is 0.164. The van der Waals surface area contributed by atoms with Gasteiger partial charge in [-0.15, -0.1) is 0 Å². The molecule has 6 heteroatoms. The van der Waals surface area contributed by atoms with Crippen LogP contribution in [0.25, 0.3) is 0 Å². The van der Waals surface area contributed by atoms with Crippen molar-refractivity contribution in [2.75, 3.05) is 31.5 Å². The Bertz CT molecular complexity index is 1030. The Morgan fingerprint density at radius 3 is 2.32 bits per heavy atom. The molecule has 31 heavy (non-hydrogen) atoms. The van der Waals surface area contributed by atoms with Crippen LogP contribution in [0.3, 0.4) is 0 Å². The van der Waals surface area contributed by atoms with Crippen molar-refractivity contribution in [2.24, 2.45) is 0 Å². The van der Waals surface area contributed by atoms with E-state index in [0.717, 1.165) is 40.9 Å².